The summed E-state index contributed by atoms with van der Waals surface area (Å²) in [6.45, 7) is 3.58. The molecule has 1 aromatic rings. The van der Waals surface area contributed by atoms with Crippen LogP contribution in [0.3, 0.4) is 0 Å². The molecule has 1 aliphatic carbocycles. The first-order valence-electron chi connectivity index (χ1n) is 6.91. The van der Waals surface area contributed by atoms with E-state index in [1.54, 1.807) is 0 Å². The highest BCUT2D eigenvalue weighted by Crippen LogP contribution is 2.35. The van der Waals surface area contributed by atoms with E-state index in [-0.39, 0.29) is 5.69 Å². The second kappa shape index (κ2) is 4.84. The van der Waals surface area contributed by atoms with Gasteiger partial charge >= 0.3 is 6.18 Å². The summed E-state index contributed by atoms with van der Waals surface area (Å²) < 4.78 is 37.8. The second-order valence-electron chi connectivity index (χ2n) is 5.53. The van der Waals surface area contributed by atoms with Gasteiger partial charge in [0.05, 0.1) is 16.9 Å². The monoisotopic (exact) mass is 285 g/mol. The van der Waals surface area contributed by atoms with E-state index in [1.165, 1.54) is 18.9 Å². The van der Waals surface area contributed by atoms with Gasteiger partial charge in [-0.25, -0.2) is 0 Å². The molecule has 0 spiro atoms. The van der Waals surface area contributed by atoms with E-state index in [4.69, 9.17) is 5.73 Å². The van der Waals surface area contributed by atoms with Gasteiger partial charge in [0.25, 0.3) is 0 Å². The molecule has 110 valence electrons. The third kappa shape index (κ3) is 2.70. The van der Waals surface area contributed by atoms with Crippen molar-refractivity contribution >= 4 is 11.4 Å². The zero-order valence-corrected chi connectivity index (χ0v) is 11.2. The van der Waals surface area contributed by atoms with E-state index in [1.807, 2.05) is 0 Å². The first-order chi connectivity index (χ1) is 9.45. The highest BCUT2D eigenvalue weighted by Gasteiger charge is 2.33. The van der Waals surface area contributed by atoms with Crippen LogP contribution in [0.4, 0.5) is 24.5 Å². The minimum atomic E-state index is -4.34. The predicted molar refractivity (Wildman–Crippen MR) is 72.7 cm³/mol. The lowest BCUT2D eigenvalue weighted by Gasteiger charge is -2.36. The maximum atomic E-state index is 12.6. The van der Waals surface area contributed by atoms with Crippen LogP contribution in [-0.4, -0.2) is 37.1 Å². The molecular formula is C14H18F3N3. The van der Waals surface area contributed by atoms with Crippen LogP contribution in [0, 0.1) is 0 Å². The Balaban J connectivity index is 1.71. The van der Waals surface area contributed by atoms with Crippen molar-refractivity contribution < 1.29 is 13.2 Å². The van der Waals surface area contributed by atoms with E-state index < -0.39 is 11.7 Å². The number of benzene rings is 1. The average Bonchev–Trinajstić information content (AvgIpc) is 3.22. The Labute approximate surface area is 116 Å². The lowest BCUT2D eigenvalue weighted by Crippen LogP contribution is -2.47. The van der Waals surface area contributed by atoms with Gasteiger partial charge < -0.3 is 10.6 Å². The quantitative estimate of drug-likeness (QED) is 0.848. The third-order valence-corrected chi connectivity index (χ3v) is 4.07. The Morgan fingerprint density at radius 3 is 2.20 bits per heavy atom. The molecule has 0 unspecified atom stereocenters. The number of rotatable bonds is 2. The summed E-state index contributed by atoms with van der Waals surface area (Å²) in [5.41, 5.74) is 6.04. The van der Waals surface area contributed by atoms with Crippen molar-refractivity contribution in [3.05, 3.63) is 23.8 Å². The number of hydrogen-bond donors (Lipinski definition) is 1. The summed E-state index contributed by atoms with van der Waals surface area (Å²) in [6, 6.07) is 4.37. The standard InChI is InChI=1S/C14H18F3N3/c15-14(16,17)10-1-4-13(12(18)9-10)20-7-5-19(6-8-20)11-2-3-11/h1,4,9,11H,2-3,5-8,18H2. The molecule has 1 heterocycles. The number of nitrogens with zero attached hydrogens (tertiary/aromatic N) is 2. The summed E-state index contributed by atoms with van der Waals surface area (Å²) in [4.78, 5) is 4.53. The van der Waals surface area contributed by atoms with Crippen LogP contribution in [0.15, 0.2) is 18.2 Å². The van der Waals surface area contributed by atoms with Crippen LogP contribution in [0.2, 0.25) is 0 Å². The molecule has 1 saturated heterocycles. The van der Waals surface area contributed by atoms with Crippen molar-refractivity contribution in [3.63, 3.8) is 0 Å². The topological polar surface area (TPSA) is 32.5 Å². The van der Waals surface area contributed by atoms with Gasteiger partial charge in [0.1, 0.15) is 0 Å². The predicted octanol–water partition coefficient (Wildman–Crippen LogP) is 2.57. The number of halogens is 3. The molecule has 0 radical (unpaired) electrons. The third-order valence-electron chi connectivity index (χ3n) is 4.07. The Morgan fingerprint density at radius 1 is 1.05 bits per heavy atom. The molecule has 0 atom stereocenters. The van der Waals surface area contributed by atoms with Crippen molar-refractivity contribution in [3.8, 4) is 0 Å². The summed E-state index contributed by atoms with van der Waals surface area (Å²) >= 11 is 0. The van der Waals surface area contributed by atoms with Gasteiger partial charge in [-0.15, -0.1) is 0 Å². The van der Waals surface area contributed by atoms with Crippen LogP contribution < -0.4 is 10.6 Å². The van der Waals surface area contributed by atoms with Crippen LogP contribution >= 0.6 is 0 Å². The number of nitrogens with two attached hydrogens (primary N) is 1. The molecule has 20 heavy (non-hydrogen) atoms. The molecule has 1 aromatic carbocycles. The van der Waals surface area contributed by atoms with Crippen molar-refractivity contribution in [2.75, 3.05) is 36.8 Å². The lowest BCUT2D eigenvalue weighted by atomic mass is 10.1. The Hall–Kier alpha value is -1.43. The number of hydrogen-bond acceptors (Lipinski definition) is 3. The van der Waals surface area contributed by atoms with Crippen molar-refractivity contribution in [2.24, 2.45) is 0 Å². The van der Waals surface area contributed by atoms with Gasteiger partial charge in [0.2, 0.25) is 0 Å². The Morgan fingerprint density at radius 2 is 1.70 bits per heavy atom. The van der Waals surface area contributed by atoms with Crippen molar-refractivity contribution in [1.82, 2.24) is 4.90 Å². The van der Waals surface area contributed by atoms with Gasteiger partial charge in [0.15, 0.2) is 0 Å². The van der Waals surface area contributed by atoms with Crippen LogP contribution in [0.1, 0.15) is 18.4 Å². The average molecular weight is 285 g/mol. The van der Waals surface area contributed by atoms with E-state index in [9.17, 15) is 13.2 Å². The van der Waals surface area contributed by atoms with Crippen LogP contribution in [0.25, 0.3) is 0 Å². The molecule has 0 aromatic heterocycles. The molecule has 1 aliphatic heterocycles. The number of piperazine rings is 1. The van der Waals surface area contributed by atoms with E-state index in [2.05, 4.69) is 9.80 Å². The Kier molecular flexibility index (Phi) is 3.28. The second-order valence-corrected chi connectivity index (χ2v) is 5.53. The van der Waals surface area contributed by atoms with Gasteiger partial charge in [0, 0.05) is 32.2 Å². The molecule has 3 rings (SSSR count). The fourth-order valence-corrected chi connectivity index (χ4v) is 2.79. The van der Waals surface area contributed by atoms with E-state index >= 15 is 0 Å². The summed E-state index contributed by atoms with van der Waals surface area (Å²) in [5, 5.41) is 0. The zero-order chi connectivity index (χ0) is 14.3. The van der Waals surface area contributed by atoms with Crippen LogP contribution in [0.5, 0.6) is 0 Å². The smallest absolute Gasteiger partial charge is 0.397 e. The molecule has 3 nitrogen and oxygen atoms in total. The molecule has 1 saturated carbocycles. The SMILES string of the molecule is Nc1cc(C(F)(F)F)ccc1N1CCN(C2CC2)CC1. The molecular weight excluding hydrogens is 267 g/mol. The van der Waals surface area contributed by atoms with E-state index in [0.29, 0.717) is 5.69 Å². The van der Waals surface area contributed by atoms with Crippen LogP contribution in [-0.2, 0) is 6.18 Å². The van der Waals surface area contributed by atoms with Gasteiger partial charge in [-0.2, -0.15) is 13.2 Å². The van der Waals surface area contributed by atoms with Gasteiger partial charge in [-0.05, 0) is 31.0 Å². The van der Waals surface area contributed by atoms with E-state index in [0.717, 1.165) is 44.4 Å². The number of nitrogen functional groups attached to an aromatic ring is 1. The summed E-state index contributed by atoms with van der Waals surface area (Å²) in [6.07, 6.45) is -1.78. The Bertz CT molecular complexity index is 489. The van der Waals surface area contributed by atoms with Gasteiger partial charge in [-0.3, -0.25) is 4.90 Å². The summed E-state index contributed by atoms with van der Waals surface area (Å²) in [7, 11) is 0. The lowest BCUT2D eigenvalue weighted by molar-refractivity contribution is -0.137. The molecule has 2 N–H and O–H groups in total. The first-order valence-corrected chi connectivity index (χ1v) is 6.91. The molecule has 0 amide bonds. The summed E-state index contributed by atoms with van der Waals surface area (Å²) in [5.74, 6) is 0. The maximum absolute atomic E-state index is 12.6. The molecule has 0 bridgehead atoms. The first kappa shape index (κ1) is 13.5. The molecule has 2 fully saturated rings. The molecule has 6 heteroatoms. The normalized spacial score (nSPS) is 21.2. The largest absolute Gasteiger partial charge is 0.416 e. The van der Waals surface area contributed by atoms with Crippen molar-refractivity contribution in [2.45, 2.75) is 25.1 Å². The molecule has 2 aliphatic rings. The minimum absolute atomic E-state index is 0.208. The number of alkyl halides is 3. The van der Waals surface area contributed by atoms with Gasteiger partial charge in [-0.1, -0.05) is 0 Å². The maximum Gasteiger partial charge on any atom is 0.416 e. The fraction of sp³-hybridized carbons (Fsp3) is 0.571. The minimum Gasteiger partial charge on any atom is -0.397 e. The highest BCUT2D eigenvalue weighted by atomic mass is 19.4. The number of anilines is 2. The van der Waals surface area contributed by atoms with Crippen molar-refractivity contribution in [1.29, 1.82) is 0 Å². The fourth-order valence-electron chi connectivity index (χ4n) is 2.79. The zero-order valence-electron chi connectivity index (χ0n) is 11.2. The highest BCUT2D eigenvalue weighted by molar-refractivity contribution is 5.69.